The zero-order valence-corrected chi connectivity index (χ0v) is 28.0. The van der Waals surface area contributed by atoms with E-state index in [1.54, 1.807) is 29.7 Å². The normalized spacial score (nSPS) is 19.0. The molecule has 2 aliphatic rings. The van der Waals surface area contributed by atoms with E-state index in [1.807, 2.05) is 24.3 Å². The summed E-state index contributed by atoms with van der Waals surface area (Å²) in [6.07, 6.45) is 9.96. The number of carbonyl (C=O) groups is 1. The van der Waals surface area contributed by atoms with Crippen molar-refractivity contribution in [3.63, 3.8) is 0 Å². The Morgan fingerprint density at radius 2 is 1.31 bits per heavy atom. The van der Waals surface area contributed by atoms with Crippen LogP contribution >= 0.6 is 22.7 Å². The highest BCUT2D eigenvalue weighted by Gasteiger charge is 2.39. The van der Waals surface area contributed by atoms with Gasteiger partial charge in [0, 0.05) is 52.2 Å². The predicted molar refractivity (Wildman–Crippen MR) is 190 cm³/mol. The Labute approximate surface area is 286 Å². The van der Waals surface area contributed by atoms with Crippen LogP contribution in [0.1, 0.15) is 59.6 Å². The van der Waals surface area contributed by atoms with Gasteiger partial charge >= 0.3 is 0 Å². The molecule has 0 saturated carbocycles. The van der Waals surface area contributed by atoms with Gasteiger partial charge in [-0.05, 0) is 34.0 Å². The van der Waals surface area contributed by atoms with Crippen molar-refractivity contribution in [2.45, 2.75) is 23.7 Å². The molecule has 4 heterocycles. The average molecular weight is 669 g/mol. The summed E-state index contributed by atoms with van der Waals surface area (Å²) in [5.74, 6) is -0.266. The number of H-pyrrole nitrogens is 2. The summed E-state index contributed by atoms with van der Waals surface area (Å²) in [6, 6.07) is 31.6. The number of fused-ring (bicyclic) bond motifs is 2. The lowest BCUT2D eigenvalue weighted by molar-refractivity contribution is -0.0760. The third-order valence-electron chi connectivity index (χ3n) is 9.11. The van der Waals surface area contributed by atoms with E-state index in [4.69, 9.17) is 10.1 Å². The minimum absolute atomic E-state index is 0.193. The lowest BCUT2D eigenvalue weighted by atomic mass is 9.72. The molecule has 0 radical (unpaired) electrons. The quantitative estimate of drug-likeness (QED) is 0.178. The van der Waals surface area contributed by atoms with Crippen molar-refractivity contribution in [3.05, 3.63) is 163 Å². The first-order chi connectivity index (χ1) is 23.5. The van der Waals surface area contributed by atoms with E-state index in [0.717, 1.165) is 35.4 Å². The van der Waals surface area contributed by atoms with Crippen molar-refractivity contribution in [1.29, 1.82) is 5.26 Å². The zero-order chi connectivity index (χ0) is 33.1. The number of nitriles is 1. The Morgan fingerprint density at radius 1 is 0.792 bits per heavy atom. The van der Waals surface area contributed by atoms with Crippen LogP contribution in [-0.2, 0) is 28.5 Å². The highest BCUT2D eigenvalue weighted by Crippen LogP contribution is 2.44. The van der Waals surface area contributed by atoms with Crippen molar-refractivity contribution >= 4 is 40.7 Å². The molecule has 0 aliphatic heterocycles. The van der Waals surface area contributed by atoms with Gasteiger partial charge in [-0.25, -0.2) is 5.06 Å². The fourth-order valence-electron chi connectivity index (χ4n) is 6.56. The minimum atomic E-state index is -0.266. The van der Waals surface area contributed by atoms with Crippen LogP contribution in [0, 0.1) is 11.3 Å². The molecule has 0 fully saturated rings. The summed E-state index contributed by atoms with van der Waals surface area (Å²) >= 11 is 3.50. The van der Waals surface area contributed by atoms with Crippen molar-refractivity contribution in [1.82, 2.24) is 25.5 Å². The number of thiophene rings is 2. The number of hydrogen-bond acceptors (Lipinski definition) is 7. The molecule has 2 unspecified atom stereocenters. The number of hydrogen-bond donors (Lipinski definition) is 2. The third-order valence-corrected chi connectivity index (χ3v) is 11.2. The summed E-state index contributed by atoms with van der Waals surface area (Å²) in [5.41, 5.74) is 6.62. The highest BCUT2D eigenvalue weighted by atomic mass is 32.1. The number of nitrogens with zero attached hydrogens (tertiary/aromatic N) is 4. The summed E-state index contributed by atoms with van der Waals surface area (Å²) in [5, 5.41) is 29.0. The van der Waals surface area contributed by atoms with Crippen LogP contribution in [0.15, 0.2) is 108 Å². The molecule has 2 aliphatic carbocycles. The van der Waals surface area contributed by atoms with E-state index >= 15 is 0 Å². The van der Waals surface area contributed by atoms with Crippen molar-refractivity contribution < 1.29 is 9.63 Å². The summed E-state index contributed by atoms with van der Waals surface area (Å²) < 4.78 is 0. The number of nitrogens with one attached hydrogen (secondary N) is 2. The van der Waals surface area contributed by atoms with E-state index in [1.165, 1.54) is 33.1 Å². The minimum Gasteiger partial charge on any atom is -0.281 e. The topological polar surface area (TPSA) is 111 Å². The number of rotatable bonds is 6. The van der Waals surface area contributed by atoms with E-state index < -0.39 is 0 Å². The Balaban J connectivity index is 0.000000154. The Hall–Kier alpha value is -5.34. The van der Waals surface area contributed by atoms with Gasteiger partial charge in [-0.2, -0.15) is 15.5 Å². The highest BCUT2D eigenvalue weighted by molar-refractivity contribution is 7.10. The van der Waals surface area contributed by atoms with Gasteiger partial charge in [0.25, 0.3) is 5.91 Å². The summed E-state index contributed by atoms with van der Waals surface area (Å²) in [6.45, 7) is 0. The fraction of sp³-hybridized carbons (Fsp3) is 0.158. The van der Waals surface area contributed by atoms with Crippen molar-refractivity contribution in [2.75, 3.05) is 14.2 Å². The molecule has 2 atom stereocenters. The molecule has 1 amide bonds. The number of allylic oxidation sites excluding steroid dienone is 2. The van der Waals surface area contributed by atoms with Gasteiger partial charge in [-0.15, -0.1) is 22.7 Å². The largest absolute Gasteiger partial charge is 0.298 e. The number of benzene rings is 2. The van der Waals surface area contributed by atoms with Crippen molar-refractivity contribution in [3.8, 4) is 6.07 Å². The van der Waals surface area contributed by atoms with Gasteiger partial charge in [-0.1, -0.05) is 97.1 Å². The molecule has 4 aromatic heterocycles. The second-order valence-corrected chi connectivity index (χ2v) is 13.6. The first-order valence-corrected chi connectivity index (χ1v) is 17.2. The maximum atomic E-state index is 12.5. The molecule has 2 N–H and O–H groups in total. The second-order valence-electron chi connectivity index (χ2n) is 11.7. The standard InChI is InChI=1S/C20H19N3O2S.C18H13N3S/c1-23(25-2)19(24)18-15-10-11-20(13-16(15)21-22-18,17-9-6-12-26-17)14-7-4-3-5-8-14;19-12-16-14-8-9-18(11-15(14)20-21-16,17-7-4-10-22-17)13-5-2-1-3-6-13/h3-12H,13H2,1-2H3,(H,21,22);1-10H,11H2,(H,20,21). The van der Waals surface area contributed by atoms with Gasteiger partial charge in [0.2, 0.25) is 0 Å². The predicted octanol–water partition coefficient (Wildman–Crippen LogP) is 7.56. The number of amides is 1. The number of aromatic nitrogens is 4. The zero-order valence-electron chi connectivity index (χ0n) is 26.4. The van der Waals surface area contributed by atoms with E-state index in [9.17, 15) is 4.79 Å². The molecule has 0 bridgehead atoms. The van der Waals surface area contributed by atoms with Gasteiger partial charge < -0.3 is 0 Å². The monoisotopic (exact) mass is 668 g/mol. The van der Waals surface area contributed by atoms with Crippen LogP contribution in [0.2, 0.25) is 0 Å². The summed E-state index contributed by atoms with van der Waals surface area (Å²) in [4.78, 5) is 20.0. The third kappa shape index (κ3) is 5.42. The second kappa shape index (κ2) is 13.0. The number of carbonyl (C=O) groups excluding carboxylic acids is 1. The SMILES string of the molecule is CON(C)C(=O)c1n[nH]c2c1C=CC(c1ccccc1)(c1cccs1)C2.N#Cc1n[nH]c2c1C=CC(c1ccccc1)(c1cccs1)C2. The molecule has 8 nitrogen and oxygen atoms in total. The molecular weight excluding hydrogens is 637 g/mol. The lowest BCUT2D eigenvalue weighted by Gasteiger charge is -2.33. The first-order valence-electron chi connectivity index (χ1n) is 15.4. The van der Waals surface area contributed by atoms with Gasteiger partial charge in [0.05, 0.1) is 17.9 Å². The lowest BCUT2D eigenvalue weighted by Crippen LogP contribution is -2.30. The van der Waals surface area contributed by atoms with Crippen LogP contribution in [0.4, 0.5) is 0 Å². The van der Waals surface area contributed by atoms with Crippen LogP contribution in [0.5, 0.6) is 0 Å². The Morgan fingerprint density at radius 3 is 1.81 bits per heavy atom. The van der Waals surface area contributed by atoms with Crippen LogP contribution < -0.4 is 0 Å². The molecule has 238 valence electrons. The first kappa shape index (κ1) is 31.3. The van der Waals surface area contributed by atoms with Crippen molar-refractivity contribution in [2.24, 2.45) is 0 Å². The molecule has 48 heavy (non-hydrogen) atoms. The fourth-order valence-corrected chi connectivity index (χ4v) is 8.42. The van der Waals surface area contributed by atoms with E-state index in [-0.39, 0.29) is 16.7 Å². The number of hydroxylamine groups is 2. The van der Waals surface area contributed by atoms with Gasteiger partial charge in [0.1, 0.15) is 6.07 Å². The molecule has 2 aromatic carbocycles. The average Bonchev–Trinajstić information content (AvgIpc) is 3.99. The smallest absolute Gasteiger partial charge is 0.281 e. The molecule has 10 heteroatoms. The van der Waals surface area contributed by atoms with Crippen LogP contribution in [0.3, 0.4) is 0 Å². The maximum absolute atomic E-state index is 12.5. The Kier molecular flexibility index (Phi) is 8.50. The van der Waals surface area contributed by atoms with Crippen LogP contribution in [-0.4, -0.2) is 45.5 Å². The van der Waals surface area contributed by atoms with Crippen LogP contribution in [0.25, 0.3) is 12.2 Å². The van der Waals surface area contributed by atoms with E-state index in [2.05, 4.69) is 122 Å². The molecule has 6 aromatic rings. The molecule has 0 saturated heterocycles. The van der Waals surface area contributed by atoms with Gasteiger partial charge in [0.15, 0.2) is 11.4 Å². The molecule has 8 rings (SSSR count). The Bertz CT molecular complexity index is 2130. The summed E-state index contributed by atoms with van der Waals surface area (Å²) in [7, 11) is 3.04. The molecular formula is C38H32N6O2S2. The molecule has 0 spiro atoms. The van der Waals surface area contributed by atoms with Gasteiger partial charge in [-0.3, -0.25) is 19.8 Å². The maximum Gasteiger partial charge on any atom is 0.298 e. The van der Waals surface area contributed by atoms with E-state index in [0.29, 0.717) is 11.4 Å². The number of aromatic amines is 2.